The van der Waals surface area contributed by atoms with Crippen molar-refractivity contribution in [3.05, 3.63) is 23.7 Å². The van der Waals surface area contributed by atoms with Crippen LogP contribution in [0.3, 0.4) is 0 Å². The maximum atomic E-state index is 11.9. The van der Waals surface area contributed by atoms with Gasteiger partial charge in [-0.05, 0) is 32.9 Å². The molecule has 0 unspecified atom stereocenters. The molecular formula is C14H18N4O4. The Hall–Kier alpha value is -2.64. The average Bonchev–Trinajstić information content (AvgIpc) is 2.91. The van der Waals surface area contributed by atoms with Gasteiger partial charge in [0, 0.05) is 13.0 Å². The Balaban J connectivity index is 1.80. The van der Waals surface area contributed by atoms with Gasteiger partial charge in [0.05, 0.1) is 6.21 Å². The van der Waals surface area contributed by atoms with Gasteiger partial charge in [-0.2, -0.15) is 5.10 Å². The summed E-state index contributed by atoms with van der Waals surface area (Å²) in [4.78, 5) is 36.2. The number of hydrogen-bond donors (Lipinski definition) is 2. The molecule has 1 fully saturated rings. The quantitative estimate of drug-likeness (QED) is 0.476. The van der Waals surface area contributed by atoms with E-state index in [9.17, 15) is 14.4 Å². The van der Waals surface area contributed by atoms with Gasteiger partial charge in [0.2, 0.25) is 5.91 Å². The van der Waals surface area contributed by atoms with Gasteiger partial charge in [-0.3, -0.25) is 14.5 Å². The van der Waals surface area contributed by atoms with Gasteiger partial charge >= 0.3 is 6.03 Å². The third kappa shape index (κ3) is 3.51. The number of hydrogen-bond acceptors (Lipinski definition) is 5. The number of urea groups is 1. The molecule has 4 amide bonds. The standard InChI is InChI=1S/C14H18N4O4/c1-9-4-5-10(22-9)8-15-17-11(19)6-7-18-12(20)14(2,3)16-13(18)21/h4-5,8H,6-7H2,1-3H3,(H,16,21)(H,17,19)/b15-8-. The van der Waals surface area contributed by atoms with Crippen molar-refractivity contribution in [2.45, 2.75) is 32.7 Å². The summed E-state index contributed by atoms with van der Waals surface area (Å²) in [7, 11) is 0. The number of carbonyl (C=O) groups excluding carboxylic acids is 3. The Morgan fingerprint density at radius 1 is 1.45 bits per heavy atom. The van der Waals surface area contributed by atoms with Crippen LogP contribution in [0.2, 0.25) is 0 Å². The minimum Gasteiger partial charge on any atom is -0.460 e. The number of carbonyl (C=O) groups is 3. The molecule has 118 valence electrons. The van der Waals surface area contributed by atoms with Crippen molar-refractivity contribution in [2.75, 3.05) is 6.54 Å². The number of furan rings is 1. The third-order valence-corrected chi connectivity index (χ3v) is 3.15. The fraction of sp³-hybridized carbons (Fsp3) is 0.429. The molecule has 8 nitrogen and oxygen atoms in total. The monoisotopic (exact) mass is 306 g/mol. The van der Waals surface area contributed by atoms with Gasteiger partial charge in [-0.15, -0.1) is 0 Å². The Morgan fingerprint density at radius 3 is 2.73 bits per heavy atom. The van der Waals surface area contributed by atoms with Crippen LogP contribution in [-0.2, 0) is 9.59 Å². The number of nitrogens with one attached hydrogen (secondary N) is 2. The molecule has 0 aliphatic carbocycles. The second-order valence-corrected chi connectivity index (χ2v) is 5.50. The van der Waals surface area contributed by atoms with Crippen LogP contribution in [0, 0.1) is 6.92 Å². The molecule has 1 aliphatic heterocycles. The molecular weight excluding hydrogens is 288 g/mol. The van der Waals surface area contributed by atoms with E-state index in [0.717, 1.165) is 10.7 Å². The van der Waals surface area contributed by atoms with E-state index in [1.165, 1.54) is 6.21 Å². The lowest BCUT2D eigenvalue weighted by Gasteiger charge is -2.15. The fourth-order valence-corrected chi connectivity index (χ4v) is 1.98. The third-order valence-electron chi connectivity index (χ3n) is 3.15. The molecule has 0 saturated carbocycles. The average molecular weight is 306 g/mol. The maximum absolute atomic E-state index is 11.9. The van der Waals surface area contributed by atoms with Crippen LogP contribution in [0.15, 0.2) is 21.7 Å². The first-order valence-corrected chi connectivity index (χ1v) is 6.82. The number of imide groups is 1. The van der Waals surface area contributed by atoms with Crippen LogP contribution in [0.4, 0.5) is 4.79 Å². The van der Waals surface area contributed by atoms with Crippen molar-refractivity contribution in [3.63, 3.8) is 0 Å². The molecule has 0 aromatic carbocycles. The van der Waals surface area contributed by atoms with Crippen molar-refractivity contribution < 1.29 is 18.8 Å². The van der Waals surface area contributed by atoms with E-state index in [0.29, 0.717) is 5.76 Å². The molecule has 8 heteroatoms. The van der Waals surface area contributed by atoms with Gasteiger partial charge < -0.3 is 9.73 Å². The Kier molecular flexibility index (Phi) is 4.30. The summed E-state index contributed by atoms with van der Waals surface area (Å²) in [6.45, 7) is 5.04. The summed E-state index contributed by atoms with van der Waals surface area (Å²) in [5.74, 6) is 0.521. The fourth-order valence-electron chi connectivity index (χ4n) is 1.98. The zero-order valence-corrected chi connectivity index (χ0v) is 12.7. The summed E-state index contributed by atoms with van der Waals surface area (Å²) in [5.41, 5.74) is 1.39. The number of hydrazone groups is 1. The first-order valence-electron chi connectivity index (χ1n) is 6.82. The van der Waals surface area contributed by atoms with E-state index in [2.05, 4.69) is 15.8 Å². The zero-order chi connectivity index (χ0) is 16.3. The maximum Gasteiger partial charge on any atom is 0.325 e. The van der Waals surface area contributed by atoms with Crippen LogP contribution >= 0.6 is 0 Å². The zero-order valence-electron chi connectivity index (χ0n) is 12.7. The van der Waals surface area contributed by atoms with Crippen LogP contribution in [-0.4, -0.2) is 41.0 Å². The summed E-state index contributed by atoms with van der Waals surface area (Å²) in [5, 5.41) is 6.29. The molecule has 0 bridgehead atoms. The van der Waals surface area contributed by atoms with Gasteiger partial charge in [0.15, 0.2) is 0 Å². The van der Waals surface area contributed by atoms with E-state index in [1.807, 2.05) is 0 Å². The van der Waals surface area contributed by atoms with Gasteiger partial charge in [-0.1, -0.05) is 0 Å². The molecule has 0 radical (unpaired) electrons. The molecule has 2 rings (SSSR count). The van der Waals surface area contributed by atoms with Crippen molar-refractivity contribution in [3.8, 4) is 0 Å². The molecule has 22 heavy (non-hydrogen) atoms. The molecule has 0 spiro atoms. The molecule has 2 heterocycles. The van der Waals surface area contributed by atoms with Crippen molar-refractivity contribution >= 4 is 24.1 Å². The Morgan fingerprint density at radius 2 is 2.18 bits per heavy atom. The van der Waals surface area contributed by atoms with Crippen LogP contribution < -0.4 is 10.7 Å². The van der Waals surface area contributed by atoms with Crippen molar-refractivity contribution in [2.24, 2.45) is 5.10 Å². The van der Waals surface area contributed by atoms with E-state index in [-0.39, 0.29) is 18.9 Å². The highest BCUT2D eigenvalue weighted by molar-refractivity contribution is 6.06. The SMILES string of the molecule is Cc1ccc(/C=N\NC(=O)CCN2C(=O)NC(C)(C)C2=O)o1. The Bertz CT molecular complexity index is 633. The highest BCUT2D eigenvalue weighted by atomic mass is 16.3. The van der Waals surface area contributed by atoms with E-state index < -0.39 is 17.5 Å². The van der Waals surface area contributed by atoms with E-state index in [4.69, 9.17) is 4.42 Å². The molecule has 2 N–H and O–H groups in total. The number of rotatable bonds is 5. The van der Waals surface area contributed by atoms with Gasteiger partial charge in [0.25, 0.3) is 5.91 Å². The lowest BCUT2D eigenvalue weighted by Crippen LogP contribution is -2.40. The largest absolute Gasteiger partial charge is 0.460 e. The van der Waals surface area contributed by atoms with Crippen LogP contribution in [0.25, 0.3) is 0 Å². The lowest BCUT2D eigenvalue weighted by atomic mass is 10.1. The first-order chi connectivity index (χ1) is 10.3. The van der Waals surface area contributed by atoms with Crippen LogP contribution in [0.5, 0.6) is 0 Å². The van der Waals surface area contributed by atoms with Gasteiger partial charge in [-0.25, -0.2) is 10.2 Å². The summed E-state index contributed by atoms with van der Waals surface area (Å²) < 4.78 is 5.25. The first kappa shape index (κ1) is 15.7. The van der Waals surface area contributed by atoms with Crippen LogP contribution in [0.1, 0.15) is 31.8 Å². The number of aryl methyl sites for hydroxylation is 1. The van der Waals surface area contributed by atoms with E-state index >= 15 is 0 Å². The number of nitrogens with zero attached hydrogens (tertiary/aromatic N) is 2. The highest BCUT2D eigenvalue weighted by Crippen LogP contribution is 2.16. The molecule has 1 aromatic heterocycles. The second-order valence-electron chi connectivity index (χ2n) is 5.50. The smallest absolute Gasteiger partial charge is 0.325 e. The van der Waals surface area contributed by atoms with E-state index in [1.54, 1.807) is 32.9 Å². The number of amides is 4. The van der Waals surface area contributed by atoms with Crippen molar-refractivity contribution in [1.82, 2.24) is 15.6 Å². The summed E-state index contributed by atoms with van der Waals surface area (Å²) >= 11 is 0. The predicted octanol–water partition coefficient (Wildman–Crippen LogP) is 0.759. The summed E-state index contributed by atoms with van der Waals surface area (Å²) in [6.07, 6.45) is 1.35. The minimum atomic E-state index is -0.928. The minimum absolute atomic E-state index is 0.00924. The molecule has 1 aromatic rings. The lowest BCUT2D eigenvalue weighted by molar-refractivity contribution is -0.130. The topological polar surface area (TPSA) is 104 Å². The predicted molar refractivity (Wildman–Crippen MR) is 78.1 cm³/mol. The summed E-state index contributed by atoms with van der Waals surface area (Å²) in [6, 6.07) is 3.01. The Labute approximate surface area is 127 Å². The second kappa shape index (κ2) is 6.00. The highest BCUT2D eigenvalue weighted by Gasteiger charge is 2.43. The molecule has 1 aliphatic rings. The molecule has 0 atom stereocenters. The normalized spacial score (nSPS) is 17.1. The van der Waals surface area contributed by atoms with Gasteiger partial charge in [0.1, 0.15) is 17.1 Å². The molecule has 1 saturated heterocycles. The van der Waals surface area contributed by atoms with Crippen molar-refractivity contribution in [1.29, 1.82) is 0 Å².